The number of benzene rings is 2. The molecule has 2 aromatic carbocycles. The summed E-state index contributed by atoms with van der Waals surface area (Å²) < 4.78 is 0. The van der Waals surface area contributed by atoms with Crippen LogP contribution in [0.4, 0.5) is 5.69 Å². The summed E-state index contributed by atoms with van der Waals surface area (Å²) in [5.74, 6) is -0.950. The van der Waals surface area contributed by atoms with Crippen molar-refractivity contribution < 1.29 is 9.90 Å². The number of carboxylic acid groups (broad SMARTS) is 1. The molecule has 0 spiro atoms. The number of hydrogen-bond donors (Lipinski definition) is 2. The second kappa shape index (κ2) is 4.47. The number of nitrogens with two attached hydrogens (primary N) is 1. The molecule has 3 nitrogen and oxygen atoms in total. The van der Waals surface area contributed by atoms with Crippen LogP contribution in [0.15, 0.2) is 42.5 Å². The Bertz CT molecular complexity index is 581. The molecule has 0 amide bonds. The molecule has 0 saturated heterocycles. The number of anilines is 1. The van der Waals surface area contributed by atoms with Crippen molar-refractivity contribution in [2.75, 3.05) is 5.73 Å². The summed E-state index contributed by atoms with van der Waals surface area (Å²) in [5, 5.41) is 9.40. The van der Waals surface area contributed by atoms with Gasteiger partial charge in [-0.25, -0.2) is 4.79 Å². The highest BCUT2D eigenvalue weighted by Gasteiger charge is 2.05. The van der Waals surface area contributed by atoms with Gasteiger partial charge in [0.2, 0.25) is 0 Å². The smallest absolute Gasteiger partial charge is 0.335 e. The molecule has 2 rings (SSSR count). The molecular weight excluding hydrogens is 238 g/mol. The number of hydrogen-bond acceptors (Lipinski definition) is 2. The van der Waals surface area contributed by atoms with Gasteiger partial charge in [0.15, 0.2) is 0 Å². The van der Waals surface area contributed by atoms with Crippen molar-refractivity contribution in [3.8, 4) is 11.1 Å². The van der Waals surface area contributed by atoms with Crippen molar-refractivity contribution in [1.82, 2.24) is 0 Å². The van der Waals surface area contributed by atoms with Gasteiger partial charge in [0.25, 0.3) is 0 Å². The van der Waals surface area contributed by atoms with Gasteiger partial charge in [0, 0.05) is 0 Å². The molecule has 0 aliphatic carbocycles. The van der Waals surface area contributed by atoms with E-state index in [1.807, 2.05) is 6.07 Å². The van der Waals surface area contributed by atoms with E-state index in [1.54, 1.807) is 36.4 Å². The van der Waals surface area contributed by atoms with Gasteiger partial charge in [-0.2, -0.15) is 0 Å². The molecule has 17 heavy (non-hydrogen) atoms. The number of carbonyl (C=O) groups is 1. The number of nitrogen functional groups attached to an aromatic ring is 1. The van der Waals surface area contributed by atoms with Crippen LogP contribution in [-0.2, 0) is 0 Å². The van der Waals surface area contributed by atoms with Crippen LogP contribution in [0.3, 0.4) is 0 Å². The summed E-state index contributed by atoms with van der Waals surface area (Å²) in [6, 6.07) is 11.9. The second-order valence-corrected chi connectivity index (χ2v) is 4.03. The average Bonchev–Trinajstić information content (AvgIpc) is 2.33. The number of aromatic carboxylic acids is 1. The first-order valence-corrected chi connectivity index (χ1v) is 5.34. The molecule has 0 aliphatic heterocycles. The number of carboxylic acids is 1. The van der Waals surface area contributed by atoms with Crippen LogP contribution in [0, 0.1) is 0 Å². The van der Waals surface area contributed by atoms with Crippen molar-refractivity contribution in [1.29, 1.82) is 0 Å². The SMILES string of the molecule is Nc1cc(-c2cccc(C(=O)O)c2)ccc1Cl. The highest BCUT2D eigenvalue weighted by Crippen LogP contribution is 2.27. The van der Waals surface area contributed by atoms with Gasteiger partial charge in [-0.15, -0.1) is 0 Å². The van der Waals surface area contributed by atoms with Crippen LogP contribution < -0.4 is 5.73 Å². The first-order valence-electron chi connectivity index (χ1n) is 4.96. The minimum Gasteiger partial charge on any atom is -0.478 e. The van der Waals surface area contributed by atoms with Crippen LogP contribution in [0.5, 0.6) is 0 Å². The third-order valence-electron chi connectivity index (χ3n) is 2.44. The van der Waals surface area contributed by atoms with Gasteiger partial charge in [-0.05, 0) is 35.4 Å². The molecule has 3 N–H and O–H groups in total. The zero-order chi connectivity index (χ0) is 12.4. The number of rotatable bonds is 2. The summed E-state index contributed by atoms with van der Waals surface area (Å²) in [4.78, 5) is 10.9. The maximum atomic E-state index is 10.9. The predicted molar refractivity (Wildman–Crippen MR) is 68.3 cm³/mol. The van der Waals surface area contributed by atoms with E-state index in [1.165, 1.54) is 0 Å². The van der Waals surface area contributed by atoms with Crippen molar-refractivity contribution in [2.45, 2.75) is 0 Å². The minimum atomic E-state index is -0.950. The van der Waals surface area contributed by atoms with E-state index in [-0.39, 0.29) is 5.56 Å². The normalized spacial score (nSPS) is 10.2. The molecule has 0 radical (unpaired) electrons. The molecular formula is C13H10ClNO2. The Balaban J connectivity index is 2.49. The van der Waals surface area contributed by atoms with Gasteiger partial charge in [0.1, 0.15) is 0 Å². The molecule has 0 heterocycles. The van der Waals surface area contributed by atoms with Crippen molar-refractivity contribution in [3.05, 3.63) is 53.1 Å². The van der Waals surface area contributed by atoms with E-state index in [2.05, 4.69) is 0 Å². The highest BCUT2D eigenvalue weighted by molar-refractivity contribution is 6.33. The van der Waals surface area contributed by atoms with Crippen molar-refractivity contribution in [3.63, 3.8) is 0 Å². The van der Waals surface area contributed by atoms with Crippen LogP contribution in [-0.4, -0.2) is 11.1 Å². The highest BCUT2D eigenvalue weighted by atomic mass is 35.5. The first kappa shape index (κ1) is 11.5. The molecule has 0 aromatic heterocycles. The lowest BCUT2D eigenvalue weighted by molar-refractivity contribution is 0.0697. The van der Waals surface area contributed by atoms with E-state index in [4.69, 9.17) is 22.4 Å². The lowest BCUT2D eigenvalue weighted by atomic mass is 10.0. The summed E-state index contributed by atoms with van der Waals surface area (Å²) in [6.07, 6.45) is 0. The molecule has 4 heteroatoms. The molecule has 2 aromatic rings. The Morgan fingerprint density at radius 2 is 1.82 bits per heavy atom. The third-order valence-corrected chi connectivity index (χ3v) is 2.78. The van der Waals surface area contributed by atoms with Crippen LogP contribution in [0.1, 0.15) is 10.4 Å². The molecule has 0 bridgehead atoms. The quantitative estimate of drug-likeness (QED) is 0.801. The fraction of sp³-hybridized carbons (Fsp3) is 0. The van der Waals surface area contributed by atoms with Gasteiger partial charge < -0.3 is 10.8 Å². The molecule has 0 aliphatic rings. The Hall–Kier alpha value is -2.00. The fourth-order valence-electron chi connectivity index (χ4n) is 1.56. The van der Waals surface area contributed by atoms with E-state index in [9.17, 15) is 4.79 Å². The molecule has 86 valence electrons. The zero-order valence-corrected chi connectivity index (χ0v) is 9.61. The van der Waals surface area contributed by atoms with Crippen molar-refractivity contribution in [2.24, 2.45) is 0 Å². The topological polar surface area (TPSA) is 63.3 Å². The Morgan fingerprint density at radius 1 is 1.12 bits per heavy atom. The van der Waals surface area contributed by atoms with Gasteiger partial charge in [-0.3, -0.25) is 0 Å². The summed E-state index contributed by atoms with van der Waals surface area (Å²) in [5.41, 5.74) is 8.07. The van der Waals surface area contributed by atoms with Crippen LogP contribution in [0.2, 0.25) is 5.02 Å². The fourth-order valence-corrected chi connectivity index (χ4v) is 1.67. The standard InChI is InChI=1S/C13H10ClNO2/c14-11-5-4-9(7-12(11)15)8-2-1-3-10(6-8)13(16)17/h1-7H,15H2,(H,16,17). The largest absolute Gasteiger partial charge is 0.478 e. The van der Waals surface area contributed by atoms with Crippen LogP contribution >= 0.6 is 11.6 Å². The monoisotopic (exact) mass is 247 g/mol. The van der Waals surface area contributed by atoms with E-state index < -0.39 is 5.97 Å². The maximum absolute atomic E-state index is 10.9. The third kappa shape index (κ3) is 2.40. The predicted octanol–water partition coefficient (Wildman–Crippen LogP) is 3.29. The molecule has 0 saturated carbocycles. The van der Waals surface area contributed by atoms with Gasteiger partial charge >= 0.3 is 5.97 Å². The zero-order valence-electron chi connectivity index (χ0n) is 8.85. The van der Waals surface area contributed by atoms with E-state index >= 15 is 0 Å². The van der Waals surface area contributed by atoms with Crippen molar-refractivity contribution >= 4 is 23.3 Å². The summed E-state index contributed by atoms with van der Waals surface area (Å²) >= 11 is 5.83. The van der Waals surface area contributed by atoms with Gasteiger partial charge in [0.05, 0.1) is 16.3 Å². The van der Waals surface area contributed by atoms with E-state index in [0.29, 0.717) is 10.7 Å². The van der Waals surface area contributed by atoms with E-state index in [0.717, 1.165) is 11.1 Å². The summed E-state index contributed by atoms with van der Waals surface area (Å²) in [6.45, 7) is 0. The molecule has 0 atom stereocenters. The maximum Gasteiger partial charge on any atom is 0.335 e. The number of halogens is 1. The summed E-state index contributed by atoms with van der Waals surface area (Å²) in [7, 11) is 0. The Morgan fingerprint density at radius 3 is 2.47 bits per heavy atom. The second-order valence-electron chi connectivity index (χ2n) is 3.62. The lowest BCUT2D eigenvalue weighted by Gasteiger charge is -2.05. The average molecular weight is 248 g/mol. The Labute approximate surface area is 103 Å². The van der Waals surface area contributed by atoms with Crippen LogP contribution in [0.25, 0.3) is 11.1 Å². The Kier molecular flexibility index (Phi) is 3.02. The minimum absolute atomic E-state index is 0.246. The van der Waals surface area contributed by atoms with Gasteiger partial charge in [-0.1, -0.05) is 29.8 Å². The first-order chi connectivity index (χ1) is 8.08. The molecule has 0 unspecified atom stereocenters. The lowest BCUT2D eigenvalue weighted by Crippen LogP contribution is -1.96. The molecule has 0 fully saturated rings.